The topological polar surface area (TPSA) is 91.1 Å². The van der Waals surface area contributed by atoms with E-state index in [4.69, 9.17) is 19.9 Å². The number of nitrogens with two attached hydrogens (primary N) is 1. The van der Waals surface area contributed by atoms with Crippen LogP contribution in [0.3, 0.4) is 0 Å². The molecule has 0 saturated carbocycles. The summed E-state index contributed by atoms with van der Waals surface area (Å²) in [6.07, 6.45) is 1.46. The molecule has 2 aliphatic rings. The maximum absolute atomic E-state index is 13.8. The van der Waals surface area contributed by atoms with Gasteiger partial charge in [0.1, 0.15) is 17.9 Å². The van der Waals surface area contributed by atoms with Crippen LogP contribution in [0.4, 0.5) is 8.78 Å². The number of ether oxygens (including phenoxy) is 3. The van der Waals surface area contributed by atoms with E-state index >= 15 is 0 Å². The Kier molecular flexibility index (Phi) is 7.95. The molecule has 2 aliphatic heterocycles. The molecule has 0 aliphatic carbocycles. The highest BCUT2D eigenvalue weighted by atomic mass is 19.3. The highest BCUT2D eigenvalue weighted by molar-refractivity contribution is 5.89. The molecule has 3 rings (SSSR count). The molecule has 9 heteroatoms. The van der Waals surface area contributed by atoms with Gasteiger partial charge in [-0.25, -0.2) is 4.79 Å². The maximum Gasteiger partial charge on any atom is 0.387 e. The van der Waals surface area contributed by atoms with Gasteiger partial charge >= 0.3 is 12.6 Å². The van der Waals surface area contributed by atoms with Crippen molar-refractivity contribution in [1.29, 1.82) is 0 Å². The number of amides is 1. The van der Waals surface area contributed by atoms with E-state index in [9.17, 15) is 18.4 Å². The van der Waals surface area contributed by atoms with Crippen LogP contribution in [0.1, 0.15) is 58.6 Å². The fourth-order valence-corrected chi connectivity index (χ4v) is 5.14. The molecule has 2 heterocycles. The molecule has 2 fully saturated rings. The van der Waals surface area contributed by atoms with E-state index in [1.54, 1.807) is 25.1 Å². The monoisotopic (exact) mass is 468 g/mol. The summed E-state index contributed by atoms with van der Waals surface area (Å²) in [5, 5.41) is 0. The van der Waals surface area contributed by atoms with E-state index in [-0.39, 0.29) is 18.3 Å². The van der Waals surface area contributed by atoms with Gasteiger partial charge in [0.2, 0.25) is 0 Å². The Morgan fingerprint density at radius 3 is 2.52 bits per heavy atom. The summed E-state index contributed by atoms with van der Waals surface area (Å²) in [5.74, 6) is -1.51. The molecule has 0 aromatic heterocycles. The van der Waals surface area contributed by atoms with Crippen LogP contribution >= 0.6 is 0 Å². The van der Waals surface area contributed by atoms with Crippen LogP contribution in [0.25, 0.3) is 0 Å². The van der Waals surface area contributed by atoms with Crippen LogP contribution < -0.4 is 10.5 Å². The Bertz CT molecular complexity index is 838. The third kappa shape index (κ3) is 5.30. The number of alkyl halides is 2. The Morgan fingerprint density at radius 2 is 1.94 bits per heavy atom. The smallest absolute Gasteiger partial charge is 0.387 e. The number of likely N-dealkylation sites (tertiary alicyclic amines) is 1. The summed E-state index contributed by atoms with van der Waals surface area (Å²) < 4.78 is 42.2. The van der Waals surface area contributed by atoms with E-state index in [1.807, 2.05) is 20.8 Å². The fraction of sp³-hybridized carbons (Fsp3) is 0.667. The van der Waals surface area contributed by atoms with Gasteiger partial charge in [0.15, 0.2) is 0 Å². The lowest BCUT2D eigenvalue weighted by molar-refractivity contribution is -0.162. The predicted molar refractivity (Wildman–Crippen MR) is 118 cm³/mol. The number of carbonyl (C=O) groups excluding carboxylic acids is 2. The lowest BCUT2D eigenvalue weighted by Crippen LogP contribution is -2.51. The van der Waals surface area contributed by atoms with Gasteiger partial charge in [-0.2, -0.15) is 8.78 Å². The molecule has 1 amide bonds. The molecular weight excluding hydrogens is 434 g/mol. The minimum absolute atomic E-state index is 0.0764. The van der Waals surface area contributed by atoms with Gasteiger partial charge in [-0.05, 0) is 37.7 Å². The highest BCUT2D eigenvalue weighted by Crippen LogP contribution is 2.49. The van der Waals surface area contributed by atoms with Gasteiger partial charge < -0.3 is 24.8 Å². The van der Waals surface area contributed by atoms with Crippen LogP contribution in [0, 0.1) is 11.3 Å². The molecule has 2 saturated heterocycles. The molecule has 0 unspecified atom stereocenters. The van der Waals surface area contributed by atoms with Crippen molar-refractivity contribution in [3.8, 4) is 5.75 Å². The van der Waals surface area contributed by atoms with Gasteiger partial charge in [-0.3, -0.25) is 4.79 Å². The van der Waals surface area contributed by atoms with Crippen molar-refractivity contribution in [1.82, 2.24) is 4.90 Å². The second-order valence-electron chi connectivity index (χ2n) is 9.63. The van der Waals surface area contributed by atoms with Crippen LogP contribution in [0.2, 0.25) is 0 Å². The number of benzene rings is 1. The van der Waals surface area contributed by atoms with Gasteiger partial charge in [-0.15, -0.1) is 0 Å². The van der Waals surface area contributed by atoms with Gasteiger partial charge in [0.25, 0.3) is 5.91 Å². The number of esters is 1. The molecular formula is C24H34F2N2O5. The number of halogens is 2. The average molecular weight is 469 g/mol. The number of hydrogen-bond acceptors (Lipinski definition) is 6. The van der Waals surface area contributed by atoms with Crippen LogP contribution in [-0.4, -0.2) is 54.8 Å². The van der Waals surface area contributed by atoms with Crippen molar-refractivity contribution in [2.24, 2.45) is 17.1 Å². The van der Waals surface area contributed by atoms with Gasteiger partial charge in [-0.1, -0.05) is 39.0 Å². The van der Waals surface area contributed by atoms with Crippen LogP contribution in [0.5, 0.6) is 5.75 Å². The van der Waals surface area contributed by atoms with Crippen molar-refractivity contribution in [2.45, 2.75) is 77.8 Å². The lowest BCUT2D eigenvalue weighted by Gasteiger charge is -2.36. The van der Waals surface area contributed by atoms with Crippen molar-refractivity contribution in [2.75, 3.05) is 13.2 Å². The number of nitrogens with zero attached hydrogens (tertiary/aromatic N) is 1. The SMILES string of the molecule is CCOC(=O)[C@@H]1[C@@H](C(C)(C)C)[C@H](N)[C@H](c2ccccc2OC(F)F)N1C(=O)[C@H]1CCCCO1. The number of rotatable bonds is 6. The van der Waals surface area contributed by atoms with Crippen LogP contribution in [-0.2, 0) is 19.1 Å². The Labute approximate surface area is 193 Å². The first-order chi connectivity index (χ1) is 15.6. The molecule has 0 spiro atoms. The minimum atomic E-state index is -3.05. The predicted octanol–water partition coefficient (Wildman–Crippen LogP) is 3.66. The summed E-state index contributed by atoms with van der Waals surface area (Å²) in [7, 11) is 0. The molecule has 184 valence electrons. The Hall–Kier alpha value is -2.26. The molecule has 33 heavy (non-hydrogen) atoms. The zero-order chi connectivity index (χ0) is 24.3. The third-order valence-electron chi connectivity index (χ3n) is 6.41. The quantitative estimate of drug-likeness (QED) is 0.641. The van der Waals surface area contributed by atoms with Crippen molar-refractivity contribution >= 4 is 11.9 Å². The molecule has 7 nitrogen and oxygen atoms in total. The molecule has 0 radical (unpaired) electrons. The van der Waals surface area contributed by atoms with E-state index in [2.05, 4.69) is 0 Å². The summed E-state index contributed by atoms with van der Waals surface area (Å²) >= 11 is 0. The van der Waals surface area contributed by atoms with E-state index < -0.39 is 48.1 Å². The largest absolute Gasteiger partial charge is 0.464 e. The first-order valence-corrected chi connectivity index (χ1v) is 11.5. The zero-order valence-corrected chi connectivity index (χ0v) is 19.6. The third-order valence-corrected chi connectivity index (χ3v) is 6.41. The molecule has 2 N–H and O–H groups in total. The lowest BCUT2D eigenvalue weighted by atomic mass is 9.73. The summed E-state index contributed by atoms with van der Waals surface area (Å²) in [5.41, 5.74) is 6.58. The molecule has 1 aromatic rings. The average Bonchev–Trinajstić information content (AvgIpc) is 3.07. The van der Waals surface area contributed by atoms with Crippen molar-refractivity contribution in [3.05, 3.63) is 29.8 Å². The fourth-order valence-electron chi connectivity index (χ4n) is 5.14. The normalized spacial score (nSPS) is 28.1. The van der Waals surface area contributed by atoms with E-state index in [0.29, 0.717) is 18.6 Å². The van der Waals surface area contributed by atoms with Crippen LogP contribution in [0.15, 0.2) is 24.3 Å². The Balaban J connectivity index is 2.16. The van der Waals surface area contributed by atoms with Crippen molar-refractivity contribution in [3.63, 3.8) is 0 Å². The molecule has 0 bridgehead atoms. The summed E-state index contributed by atoms with van der Waals surface area (Å²) in [6, 6.07) is 3.69. The highest BCUT2D eigenvalue weighted by Gasteiger charge is 2.58. The first kappa shape index (κ1) is 25.4. The number of carbonyl (C=O) groups is 2. The number of hydrogen-bond donors (Lipinski definition) is 1. The summed E-state index contributed by atoms with van der Waals surface area (Å²) in [6.45, 7) is 5.04. The van der Waals surface area contributed by atoms with E-state index in [1.165, 1.54) is 11.0 Å². The van der Waals surface area contributed by atoms with Gasteiger partial charge in [0.05, 0.1) is 12.6 Å². The standard InChI is InChI=1S/C24H34F2N2O5/c1-5-31-22(30)20-17(24(2,3)4)18(27)19(14-10-6-7-11-15(14)33-23(25)26)28(20)21(29)16-12-8-9-13-32-16/h6-7,10-11,16-20,23H,5,8-9,12-13,27H2,1-4H3/t16-,17+,18+,19+,20+/m1/s1. The first-order valence-electron chi connectivity index (χ1n) is 11.5. The van der Waals surface area contributed by atoms with E-state index in [0.717, 1.165) is 12.8 Å². The molecule has 1 aromatic carbocycles. The Morgan fingerprint density at radius 1 is 1.24 bits per heavy atom. The molecule has 5 atom stereocenters. The zero-order valence-electron chi connectivity index (χ0n) is 19.6. The minimum Gasteiger partial charge on any atom is -0.464 e. The van der Waals surface area contributed by atoms with Gasteiger partial charge in [0, 0.05) is 24.1 Å². The summed E-state index contributed by atoms with van der Waals surface area (Å²) in [4.78, 5) is 28.4. The second kappa shape index (κ2) is 10.3. The number of para-hydroxylation sites is 1. The van der Waals surface area contributed by atoms with Crippen molar-refractivity contribution < 1.29 is 32.6 Å². The second-order valence-corrected chi connectivity index (χ2v) is 9.63. The maximum atomic E-state index is 13.8.